The first-order valence-electron chi connectivity index (χ1n) is 4.89. The summed E-state index contributed by atoms with van der Waals surface area (Å²) < 4.78 is 10.4. The Morgan fingerprint density at radius 1 is 1.41 bits per heavy atom. The minimum absolute atomic E-state index is 0.667. The van der Waals surface area contributed by atoms with Crippen molar-refractivity contribution in [1.82, 2.24) is 5.43 Å². The van der Waals surface area contributed by atoms with Gasteiger partial charge in [-0.3, -0.25) is 0 Å². The zero-order valence-electron chi connectivity index (χ0n) is 9.98. The van der Waals surface area contributed by atoms with Gasteiger partial charge in [-0.1, -0.05) is 0 Å². The maximum absolute atomic E-state index is 10.5. The maximum atomic E-state index is 10.5. The second-order valence-corrected chi connectivity index (χ2v) is 3.30. The molecule has 0 spiro atoms. The minimum atomic E-state index is -0.722. The van der Waals surface area contributed by atoms with E-state index in [1.807, 2.05) is 13.0 Å². The standard InChI is InChI=1S/C11H15N3O3/c1-7-4-9(16-2)5-8(10(7)17-3)6-13-14-11(12)15/h4-6H,1-3H3,(H3,12,14,15). The zero-order valence-corrected chi connectivity index (χ0v) is 9.98. The van der Waals surface area contributed by atoms with Gasteiger partial charge in [0.05, 0.1) is 20.4 Å². The Balaban J connectivity index is 3.06. The van der Waals surface area contributed by atoms with Crippen LogP contribution in [0.5, 0.6) is 11.5 Å². The Morgan fingerprint density at radius 2 is 2.12 bits per heavy atom. The van der Waals surface area contributed by atoms with E-state index >= 15 is 0 Å². The molecule has 2 amide bonds. The van der Waals surface area contributed by atoms with Crippen LogP contribution in [0.1, 0.15) is 11.1 Å². The number of nitrogens with two attached hydrogens (primary N) is 1. The lowest BCUT2D eigenvalue weighted by molar-refractivity contribution is 0.249. The fourth-order valence-corrected chi connectivity index (χ4v) is 1.43. The number of amides is 2. The number of nitrogens with one attached hydrogen (secondary N) is 1. The lowest BCUT2D eigenvalue weighted by Crippen LogP contribution is -2.24. The Labute approximate surface area is 99.4 Å². The van der Waals surface area contributed by atoms with Crippen molar-refractivity contribution in [3.63, 3.8) is 0 Å². The highest BCUT2D eigenvalue weighted by Crippen LogP contribution is 2.27. The van der Waals surface area contributed by atoms with Gasteiger partial charge < -0.3 is 15.2 Å². The van der Waals surface area contributed by atoms with Crippen molar-refractivity contribution < 1.29 is 14.3 Å². The molecular formula is C11H15N3O3. The molecule has 0 radical (unpaired) electrons. The largest absolute Gasteiger partial charge is 0.497 e. The van der Waals surface area contributed by atoms with E-state index in [9.17, 15) is 4.79 Å². The van der Waals surface area contributed by atoms with E-state index in [4.69, 9.17) is 15.2 Å². The molecule has 1 aromatic carbocycles. The van der Waals surface area contributed by atoms with E-state index in [-0.39, 0.29) is 0 Å². The number of hydrogen-bond acceptors (Lipinski definition) is 4. The monoisotopic (exact) mass is 237 g/mol. The van der Waals surface area contributed by atoms with Crippen LogP contribution < -0.4 is 20.6 Å². The summed E-state index contributed by atoms with van der Waals surface area (Å²) in [6.45, 7) is 1.89. The molecule has 0 aliphatic rings. The van der Waals surface area contributed by atoms with Crippen LogP contribution in [0, 0.1) is 6.92 Å². The molecule has 0 aliphatic carbocycles. The Bertz CT molecular complexity index is 444. The number of hydrogen-bond donors (Lipinski definition) is 2. The van der Waals surface area contributed by atoms with Gasteiger partial charge in [0.25, 0.3) is 0 Å². The molecular weight excluding hydrogens is 222 g/mol. The number of carbonyl (C=O) groups excluding carboxylic acids is 1. The van der Waals surface area contributed by atoms with Crippen molar-refractivity contribution in [2.24, 2.45) is 10.8 Å². The fraction of sp³-hybridized carbons (Fsp3) is 0.273. The number of primary amides is 1. The molecule has 0 aromatic heterocycles. The summed E-state index contributed by atoms with van der Waals surface area (Å²) >= 11 is 0. The van der Waals surface area contributed by atoms with Crippen LogP contribution in [0.2, 0.25) is 0 Å². The molecule has 92 valence electrons. The lowest BCUT2D eigenvalue weighted by Gasteiger charge is -2.10. The molecule has 0 heterocycles. The van der Waals surface area contributed by atoms with Gasteiger partial charge in [-0.25, -0.2) is 10.2 Å². The van der Waals surface area contributed by atoms with Gasteiger partial charge in [0.15, 0.2) is 0 Å². The number of hydrazone groups is 1. The summed E-state index contributed by atoms with van der Waals surface area (Å²) in [6, 6.07) is 2.87. The average molecular weight is 237 g/mol. The molecule has 6 nitrogen and oxygen atoms in total. The lowest BCUT2D eigenvalue weighted by atomic mass is 10.1. The van der Waals surface area contributed by atoms with Crippen LogP contribution in [0.3, 0.4) is 0 Å². The third-order valence-corrected chi connectivity index (χ3v) is 2.10. The van der Waals surface area contributed by atoms with Crippen molar-refractivity contribution in [2.75, 3.05) is 14.2 Å². The Kier molecular flexibility index (Phi) is 4.33. The van der Waals surface area contributed by atoms with Crippen molar-refractivity contribution in [3.05, 3.63) is 23.3 Å². The first-order chi connectivity index (χ1) is 8.08. The molecule has 0 saturated heterocycles. The maximum Gasteiger partial charge on any atom is 0.332 e. The van der Waals surface area contributed by atoms with Crippen LogP contribution in [0.4, 0.5) is 4.79 Å². The number of benzene rings is 1. The van der Waals surface area contributed by atoms with Gasteiger partial charge in [-0.05, 0) is 24.6 Å². The SMILES string of the molecule is COc1cc(C)c(OC)c(C=NNC(N)=O)c1. The van der Waals surface area contributed by atoms with Crippen LogP contribution in [0.15, 0.2) is 17.2 Å². The number of methoxy groups -OCH3 is 2. The van der Waals surface area contributed by atoms with Crippen LogP contribution >= 0.6 is 0 Å². The first-order valence-corrected chi connectivity index (χ1v) is 4.89. The molecule has 0 bridgehead atoms. The normalized spacial score (nSPS) is 10.3. The quantitative estimate of drug-likeness (QED) is 0.605. The Morgan fingerprint density at radius 3 is 2.65 bits per heavy atom. The molecule has 0 unspecified atom stereocenters. The van der Waals surface area contributed by atoms with Crippen molar-refractivity contribution >= 4 is 12.2 Å². The minimum Gasteiger partial charge on any atom is -0.497 e. The average Bonchev–Trinajstić information content (AvgIpc) is 2.28. The van der Waals surface area contributed by atoms with Gasteiger partial charge in [0, 0.05) is 5.56 Å². The number of nitrogens with zero attached hydrogens (tertiary/aromatic N) is 1. The van der Waals surface area contributed by atoms with E-state index in [2.05, 4.69) is 10.5 Å². The highest BCUT2D eigenvalue weighted by molar-refractivity contribution is 5.86. The second kappa shape index (κ2) is 5.74. The third kappa shape index (κ3) is 3.37. The van der Waals surface area contributed by atoms with Gasteiger partial charge in [-0.15, -0.1) is 0 Å². The predicted molar refractivity (Wildman–Crippen MR) is 64.6 cm³/mol. The molecule has 1 aromatic rings. The summed E-state index contributed by atoms with van der Waals surface area (Å²) in [6.07, 6.45) is 1.44. The second-order valence-electron chi connectivity index (χ2n) is 3.30. The predicted octanol–water partition coefficient (Wildman–Crippen LogP) is 1.01. The summed E-state index contributed by atoms with van der Waals surface area (Å²) in [5.41, 5.74) is 8.61. The molecule has 17 heavy (non-hydrogen) atoms. The Hall–Kier alpha value is -2.24. The van der Waals surface area contributed by atoms with Gasteiger partial charge >= 0.3 is 6.03 Å². The topological polar surface area (TPSA) is 85.9 Å². The van der Waals surface area contributed by atoms with E-state index in [0.29, 0.717) is 17.1 Å². The molecule has 0 atom stereocenters. The molecule has 0 aliphatic heterocycles. The number of aryl methyl sites for hydroxylation is 1. The molecule has 6 heteroatoms. The van der Waals surface area contributed by atoms with Gasteiger partial charge in [-0.2, -0.15) is 5.10 Å². The summed E-state index contributed by atoms with van der Waals surface area (Å²) in [5, 5.41) is 3.68. The van der Waals surface area contributed by atoms with Gasteiger partial charge in [0.2, 0.25) is 0 Å². The summed E-state index contributed by atoms with van der Waals surface area (Å²) in [4.78, 5) is 10.5. The van der Waals surface area contributed by atoms with Crippen molar-refractivity contribution in [2.45, 2.75) is 6.92 Å². The highest BCUT2D eigenvalue weighted by Gasteiger charge is 2.07. The number of carbonyl (C=O) groups is 1. The smallest absolute Gasteiger partial charge is 0.332 e. The molecule has 3 N–H and O–H groups in total. The first kappa shape index (κ1) is 12.8. The van der Waals surface area contributed by atoms with E-state index in [0.717, 1.165) is 5.56 Å². The van der Waals surface area contributed by atoms with E-state index < -0.39 is 6.03 Å². The summed E-state index contributed by atoms with van der Waals surface area (Å²) in [7, 11) is 3.14. The number of ether oxygens (including phenoxy) is 2. The summed E-state index contributed by atoms with van der Waals surface area (Å²) in [5.74, 6) is 1.35. The van der Waals surface area contributed by atoms with Gasteiger partial charge in [0.1, 0.15) is 11.5 Å². The number of rotatable bonds is 4. The highest BCUT2D eigenvalue weighted by atomic mass is 16.5. The van der Waals surface area contributed by atoms with E-state index in [1.165, 1.54) is 6.21 Å². The van der Waals surface area contributed by atoms with Crippen molar-refractivity contribution in [1.29, 1.82) is 0 Å². The molecule has 0 fully saturated rings. The zero-order chi connectivity index (χ0) is 12.8. The fourth-order valence-electron chi connectivity index (χ4n) is 1.43. The third-order valence-electron chi connectivity index (χ3n) is 2.10. The van der Waals surface area contributed by atoms with E-state index in [1.54, 1.807) is 20.3 Å². The van der Waals surface area contributed by atoms with Crippen LogP contribution in [-0.4, -0.2) is 26.5 Å². The molecule has 0 saturated carbocycles. The molecule has 1 rings (SSSR count). The van der Waals surface area contributed by atoms with Crippen LogP contribution in [-0.2, 0) is 0 Å². The van der Waals surface area contributed by atoms with Crippen LogP contribution in [0.25, 0.3) is 0 Å². The number of urea groups is 1. The van der Waals surface area contributed by atoms with Crippen molar-refractivity contribution in [3.8, 4) is 11.5 Å².